The molecule has 0 fully saturated rings. The summed E-state index contributed by atoms with van der Waals surface area (Å²) in [5.74, 6) is 1.81. The zero-order chi connectivity index (χ0) is 29.9. The number of fused-ring (bicyclic) bond motifs is 4. The van der Waals surface area contributed by atoms with Crippen molar-refractivity contribution in [3.63, 3.8) is 0 Å². The predicted molar refractivity (Wildman–Crippen MR) is 186 cm³/mol. The molecule has 0 N–H and O–H groups in total. The fraction of sp³-hybridized carbons (Fsp3) is 0.100. The third kappa shape index (κ3) is 4.13. The Bertz CT molecular complexity index is 2000. The minimum absolute atomic E-state index is 0.0380. The molecule has 0 bridgehead atoms. The van der Waals surface area contributed by atoms with E-state index in [4.69, 9.17) is 4.74 Å². The molecule has 3 nitrogen and oxygen atoms in total. The van der Waals surface area contributed by atoms with Gasteiger partial charge in [0.15, 0.2) is 0 Å². The highest BCUT2D eigenvalue weighted by atomic mass is 16.5. The van der Waals surface area contributed by atoms with E-state index in [1.807, 2.05) is 0 Å². The molecular formula is C40H33BN2O. The van der Waals surface area contributed by atoms with Gasteiger partial charge in [0.2, 0.25) is 0 Å². The van der Waals surface area contributed by atoms with Crippen LogP contribution in [0.1, 0.15) is 22.3 Å². The summed E-state index contributed by atoms with van der Waals surface area (Å²) in [5.41, 5.74) is 15.6. The number of nitrogens with zero attached hydrogens (tertiary/aromatic N) is 2. The SMILES string of the molecule is Cc1cc(C)cc(N2c3cc(C)cc(C)c3B3c4ccccc4Oc4c(N(c5ccccc5)c5ccccc5)ccc2c43)c1. The van der Waals surface area contributed by atoms with E-state index < -0.39 is 0 Å². The minimum Gasteiger partial charge on any atom is -0.456 e. The van der Waals surface area contributed by atoms with Crippen LogP contribution in [-0.2, 0) is 0 Å². The number of para-hydroxylation sites is 3. The molecule has 0 radical (unpaired) electrons. The normalized spacial score (nSPS) is 12.6. The Morgan fingerprint density at radius 3 is 1.86 bits per heavy atom. The summed E-state index contributed by atoms with van der Waals surface area (Å²) in [5, 5.41) is 0. The van der Waals surface area contributed by atoms with Crippen molar-refractivity contribution in [1.82, 2.24) is 0 Å². The fourth-order valence-electron chi connectivity index (χ4n) is 7.30. The van der Waals surface area contributed by atoms with Gasteiger partial charge in [0.1, 0.15) is 11.5 Å². The first-order valence-corrected chi connectivity index (χ1v) is 15.3. The lowest BCUT2D eigenvalue weighted by atomic mass is 9.33. The third-order valence-electron chi connectivity index (χ3n) is 8.90. The highest BCUT2D eigenvalue weighted by molar-refractivity contribution is 6.99. The molecule has 6 aromatic rings. The Labute approximate surface area is 260 Å². The van der Waals surface area contributed by atoms with Gasteiger partial charge in [-0.15, -0.1) is 0 Å². The molecule has 2 aliphatic rings. The van der Waals surface area contributed by atoms with E-state index in [1.165, 1.54) is 50.0 Å². The number of anilines is 6. The Morgan fingerprint density at radius 2 is 1.18 bits per heavy atom. The van der Waals surface area contributed by atoms with E-state index in [1.54, 1.807) is 0 Å². The highest BCUT2D eigenvalue weighted by Gasteiger charge is 2.44. The Kier molecular flexibility index (Phi) is 6.13. The van der Waals surface area contributed by atoms with Crippen LogP contribution in [0.5, 0.6) is 11.5 Å². The maximum atomic E-state index is 7.02. The van der Waals surface area contributed by atoms with Crippen molar-refractivity contribution in [3.8, 4) is 11.5 Å². The van der Waals surface area contributed by atoms with Crippen molar-refractivity contribution >= 4 is 57.2 Å². The summed E-state index contributed by atoms with van der Waals surface area (Å²) in [6, 6.07) is 45.8. The van der Waals surface area contributed by atoms with Gasteiger partial charge in [0.25, 0.3) is 6.71 Å². The van der Waals surface area contributed by atoms with E-state index >= 15 is 0 Å². The zero-order valence-electron chi connectivity index (χ0n) is 25.5. The standard InChI is InChI=1S/C40H33BN2O/c1-26-21-27(2)24-32(23-26)43-34-19-20-35(42(30-13-7-5-8-14-30)31-15-9-6-10-16-31)40-39(34)41(33-17-11-12-18-37(33)44-40)38-29(4)22-28(3)25-36(38)43/h5-25H,1-4H3. The number of rotatable bonds is 4. The summed E-state index contributed by atoms with van der Waals surface area (Å²) in [7, 11) is 0. The Hall–Kier alpha value is -5.22. The summed E-state index contributed by atoms with van der Waals surface area (Å²) >= 11 is 0. The predicted octanol–water partition coefficient (Wildman–Crippen LogP) is 8.80. The van der Waals surface area contributed by atoms with Crippen LogP contribution in [0.2, 0.25) is 0 Å². The van der Waals surface area contributed by atoms with Crippen LogP contribution in [-0.4, -0.2) is 6.71 Å². The van der Waals surface area contributed by atoms with Crippen molar-refractivity contribution < 1.29 is 4.74 Å². The quantitative estimate of drug-likeness (QED) is 0.197. The van der Waals surface area contributed by atoms with Gasteiger partial charge in [-0.25, -0.2) is 0 Å². The topological polar surface area (TPSA) is 15.7 Å². The average molecular weight is 569 g/mol. The minimum atomic E-state index is 0.0380. The second kappa shape index (κ2) is 10.2. The van der Waals surface area contributed by atoms with Crippen LogP contribution < -0.4 is 30.9 Å². The van der Waals surface area contributed by atoms with Gasteiger partial charge in [0.05, 0.1) is 5.69 Å². The molecule has 4 heteroatoms. The number of hydrogen-bond acceptors (Lipinski definition) is 3. The summed E-state index contributed by atoms with van der Waals surface area (Å²) in [6.45, 7) is 8.86. The molecule has 0 unspecified atom stereocenters. The van der Waals surface area contributed by atoms with Crippen LogP contribution in [0.25, 0.3) is 0 Å². The molecular weight excluding hydrogens is 535 g/mol. The average Bonchev–Trinajstić information content (AvgIpc) is 3.02. The molecule has 6 aromatic carbocycles. The first kappa shape index (κ1) is 26.4. The van der Waals surface area contributed by atoms with Gasteiger partial charge in [-0.2, -0.15) is 0 Å². The molecule has 2 aliphatic heterocycles. The second-order valence-electron chi connectivity index (χ2n) is 12.1. The van der Waals surface area contributed by atoms with Crippen molar-refractivity contribution in [3.05, 3.63) is 150 Å². The summed E-state index contributed by atoms with van der Waals surface area (Å²) in [6.07, 6.45) is 0. The van der Waals surface area contributed by atoms with E-state index in [2.05, 4.69) is 165 Å². The van der Waals surface area contributed by atoms with Crippen molar-refractivity contribution in [2.45, 2.75) is 27.7 Å². The molecule has 212 valence electrons. The van der Waals surface area contributed by atoms with Crippen LogP contribution >= 0.6 is 0 Å². The zero-order valence-corrected chi connectivity index (χ0v) is 25.5. The molecule has 8 rings (SSSR count). The fourth-order valence-corrected chi connectivity index (χ4v) is 7.30. The first-order valence-electron chi connectivity index (χ1n) is 15.3. The van der Waals surface area contributed by atoms with E-state index in [-0.39, 0.29) is 6.71 Å². The van der Waals surface area contributed by atoms with Crippen LogP contribution in [0, 0.1) is 27.7 Å². The molecule has 2 heterocycles. The van der Waals surface area contributed by atoms with E-state index in [9.17, 15) is 0 Å². The first-order chi connectivity index (χ1) is 21.5. The Balaban J connectivity index is 1.48. The summed E-state index contributed by atoms with van der Waals surface area (Å²) in [4.78, 5) is 4.78. The van der Waals surface area contributed by atoms with Crippen molar-refractivity contribution in [2.75, 3.05) is 9.80 Å². The molecule has 0 aromatic heterocycles. The number of aryl methyl sites for hydroxylation is 4. The lowest BCUT2D eigenvalue weighted by molar-refractivity contribution is 0.488. The van der Waals surface area contributed by atoms with Gasteiger partial charge in [0, 0.05) is 28.4 Å². The molecule has 44 heavy (non-hydrogen) atoms. The summed E-state index contributed by atoms with van der Waals surface area (Å²) < 4.78 is 7.02. The molecule has 0 spiro atoms. The molecule has 0 amide bonds. The second-order valence-corrected chi connectivity index (χ2v) is 12.1. The maximum Gasteiger partial charge on any atom is 0.256 e. The molecule has 0 aliphatic carbocycles. The van der Waals surface area contributed by atoms with Crippen LogP contribution in [0.3, 0.4) is 0 Å². The number of hydrogen-bond donors (Lipinski definition) is 0. The van der Waals surface area contributed by atoms with Gasteiger partial charge in [-0.05, 0) is 121 Å². The van der Waals surface area contributed by atoms with Crippen LogP contribution in [0.15, 0.2) is 127 Å². The van der Waals surface area contributed by atoms with Gasteiger partial charge < -0.3 is 14.5 Å². The Morgan fingerprint density at radius 1 is 0.568 bits per heavy atom. The third-order valence-corrected chi connectivity index (χ3v) is 8.90. The smallest absolute Gasteiger partial charge is 0.256 e. The van der Waals surface area contributed by atoms with Gasteiger partial charge in [-0.1, -0.05) is 72.3 Å². The lowest BCUT2D eigenvalue weighted by Gasteiger charge is -2.42. The lowest BCUT2D eigenvalue weighted by Crippen LogP contribution is -2.60. The molecule has 0 saturated heterocycles. The van der Waals surface area contributed by atoms with Gasteiger partial charge in [-0.3, -0.25) is 0 Å². The molecule has 0 saturated carbocycles. The number of benzene rings is 6. The highest BCUT2D eigenvalue weighted by Crippen LogP contribution is 2.48. The maximum absolute atomic E-state index is 7.02. The van der Waals surface area contributed by atoms with Crippen molar-refractivity contribution in [2.24, 2.45) is 0 Å². The van der Waals surface area contributed by atoms with E-state index in [0.29, 0.717) is 0 Å². The monoisotopic (exact) mass is 568 g/mol. The van der Waals surface area contributed by atoms with Crippen LogP contribution in [0.4, 0.5) is 34.1 Å². The number of ether oxygens (including phenoxy) is 1. The van der Waals surface area contributed by atoms with E-state index in [0.717, 1.165) is 34.2 Å². The molecule has 0 atom stereocenters. The van der Waals surface area contributed by atoms with Gasteiger partial charge >= 0.3 is 0 Å². The van der Waals surface area contributed by atoms with Crippen molar-refractivity contribution in [1.29, 1.82) is 0 Å². The largest absolute Gasteiger partial charge is 0.456 e.